The van der Waals surface area contributed by atoms with Crippen LogP contribution in [0, 0.1) is 5.82 Å². The summed E-state index contributed by atoms with van der Waals surface area (Å²) in [7, 11) is 0. The van der Waals surface area contributed by atoms with E-state index < -0.39 is 11.8 Å². The first-order chi connectivity index (χ1) is 16.9. The number of ether oxygens (including phenoxy) is 1. The summed E-state index contributed by atoms with van der Waals surface area (Å²) in [5, 5.41) is 0.492. The van der Waals surface area contributed by atoms with Gasteiger partial charge in [0.2, 0.25) is 5.95 Å². The Morgan fingerprint density at radius 2 is 1.74 bits per heavy atom. The van der Waals surface area contributed by atoms with E-state index in [-0.39, 0.29) is 30.7 Å². The number of anilines is 1. The van der Waals surface area contributed by atoms with Crippen LogP contribution < -0.4 is 11.5 Å². The third kappa shape index (κ3) is 4.41. The van der Waals surface area contributed by atoms with Crippen LogP contribution in [0.25, 0.3) is 22.0 Å². The van der Waals surface area contributed by atoms with Crippen molar-refractivity contribution in [3.05, 3.63) is 88.9 Å². The predicted molar refractivity (Wildman–Crippen MR) is 128 cm³/mol. The topological polar surface area (TPSA) is 124 Å². The van der Waals surface area contributed by atoms with E-state index in [9.17, 15) is 14.0 Å². The molecule has 176 valence electrons. The fourth-order valence-electron chi connectivity index (χ4n) is 4.26. The first-order valence-corrected chi connectivity index (χ1v) is 11.0. The normalized spacial score (nSPS) is 12.6. The average Bonchev–Trinajstić information content (AvgIpc) is 3.31. The number of esters is 1. The summed E-state index contributed by atoms with van der Waals surface area (Å²) in [6, 6.07) is 17.3. The van der Waals surface area contributed by atoms with Crippen LogP contribution in [0.5, 0.6) is 0 Å². The molecule has 8 nitrogen and oxygen atoms in total. The molecule has 5 rings (SSSR count). The molecule has 0 fully saturated rings. The number of halogens is 1. The molecule has 35 heavy (non-hydrogen) atoms. The van der Waals surface area contributed by atoms with Crippen molar-refractivity contribution in [1.29, 1.82) is 0 Å². The molecule has 0 atom stereocenters. The number of fused-ring (bicyclic) bond motifs is 2. The summed E-state index contributed by atoms with van der Waals surface area (Å²) in [6.45, 7) is 0.623. The summed E-state index contributed by atoms with van der Waals surface area (Å²) >= 11 is 0. The molecule has 0 radical (unpaired) electrons. The number of nitrogens with zero attached hydrogens (tertiary/aromatic N) is 3. The van der Waals surface area contributed by atoms with Crippen molar-refractivity contribution in [2.24, 2.45) is 5.73 Å². The Morgan fingerprint density at radius 1 is 1.00 bits per heavy atom. The van der Waals surface area contributed by atoms with Gasteiger partial charge in [0, 0.05) is 18.5 Å². The van der Waals surface area contributed by atoms with Crippen LogP contribution >= 0.6 is 0 Å². The second-order valence-corrected chi connectivity index (χ2v) is 8.26. The van der Waals surface area contributed by atoms with Gasteiger partial charge in [0.15, 0.2) is 0 Å². The first kappa shape index (κ1) is 22.4. The number of aromatic nitrogens is 2. The highest BCUT2D eigenvalue weighted by molar-refractivity contribution is 6.06. The molecule has 0 bridgehead atoms. The molecule has 1 amide bonds. The molecule has 3 aromatic carbocycles. The fourth-order valence-corrected chi connectivity index (χ4v) is 4.26. The lowest BCUT2D eigenvalue weighted by molar-refractivity contribution is -0.143. The number of amides is 1. The summed E-state index contributed by atoms with van der Waals surface area (Å²) < 4.78 is 19.3. The molecule has 0 saturated carbocycles. The summed E-state index contributed by atoms with van der Waals surface area (Å²) in [4.78, 5) is 35.3. The molecular formula is C26H22FN5O3. The van der Waals surface area contributed by atoms with E-state index in [1.54, 1.807) is 29.2 Å². The highest BCUT2D eigenvalue weighted by Crippen LogP contribution is 2.31. The summed E-state index contributed by atoms with van der Waals surface area (Å²) in [6.07, 6.45) is 0. The number of rotatable bonds is 5. The van der Waals surface area contributed by atoms with Gasteiger partial charge in [0.1, 0.15) is 18.1 Å². The van der Waals surface area contributed by atoms with E-state index >= 15 is 0 Å². The molecule has 0 saturated heterocycles. The largest absolute Gasteiger partial charge is 0.460 e. The third-order valence-corrected chi connectivity index (χ3v) is 5.98. The molecule has 4 N–H and O–H groups in total. The lowest BCUT2D eigenvalue weighted by Crippen LogP contribution is -2.27. The second-order valence-electron chi connectivity index (χ2n) is 8.26. The zero-order valence-electron chi connectivity index (χ0n) is 18.7. The van der Waals surface area contributed by atoms with E-state index in [4.69, 9.17) is 16.2 Å². The van der Waals surface area contributed by atoms with Gasteiger partial charge in [-0.05, 0) is 52.1 Å². The Labute approximate surface area is 200 Å². The number of benzene rings is 3. The Hall–Kier alpha value is -4.37. The maximum Gasteiger partial charge on any atom is 0.320 e. The van der Waals surface area contributed by atoms with Gasteiger partial charge in [-0.2, -0.15) is 0 Å². The van der Waals surface area contributed by atoms with Crippen molar-refractivity contribution in [2.75, 3.05) is 12.3 Å². The summed E-state index contributed by atoms with van der Waals surface area (Å²) in [5.41, 5.74) is 15.8. The molecule has 2 heterocycles. The minimum absolute atomic E-state index is 0.00884. The monoisotopic (exact) mass is 471 g/mol. The van der Waals surface area contributed by atoms with Crippen molar-refractivity contribution in [3.8, 4) is 11.1 Å². The Morgan fingerprint density at radius 3 is 2.46 bits per heavy atom. The minimum Gasteiger partial charge on any atom is -0.460 e. The molecule has 0 unspecified atom stereocenters. The van der Waals surface area contributed by atoms with E-state index in [0.29, 0.717) is 40.7 Å². The van der Waals surface area contributed by atoms with Crippen LogP contribution in [-0.4, -0.2) is 33.3 Å². The standard InChI is InChI=1S/C26H22FN5O3/c27-19-7-5-18(14-35-23(33)11-28)20(10-19)15-6-8-22-21(9-15)24(31-26(29)30-22)25(34)32-12-16-3-1-2-4-17(16)13-32/h1-10H,11-14,28H2,(H2,29,30,31). The number of hydrogen-bond donors (Lipinski definition) is 2. The van der Waals surface area contributed by atoms with Crippen LogP contribution in [0.3, 0.4) is 0 Å². The van der Waals surface area contributed by atoms with Gasteiger partial charge in [-0.25, -0.2) is 14.4 Å². The molecule has 0 aliphatic carbocycles. The van der Waals surface area contributed by atoms with Gasteiger partial charge in [-0.1, -0.05) is 36.4 Å². The number of hydrogen-bond acceptors (Lipinski definition) is 7. The maximum absolute atomic E-state index is 14.2. The average molecular weight is 471 g/mol. The van der Waals surface area contributed by atoms with Gasteiger partial charge in [-0.15, -0.1) is 0 Å². The Bertz CT molecular complexity index is 1450. The number of nitrogens with two attached hydrogens (primary N) is 2. The van der Waals surface area contributed by atoms with Gasteiger partial charge in [-0.3, -0.25) is 9.59 Å². The first-order valence-electron chi connectivity index (χ1n) is 11.0. The van der Waals surface area contributed by atoms with Crippen LogP contribution in [0.1, 0.15) is 27.2 Å². The Kier molecular flexibility index (Phi) is 5.84. The molecule has 9 heteroatoms. The Balaban J connectivity index is 1.56. The lowest BCUT2D eigenvalue weighted by atomic mass is 9.97. The maximum atomic E-state index is 14.2. The zero-order valence-corrected chi connectivity index (χ0v) is 18.7. The van der Waals surface area contributed by atoms with E-state index in [1.165, 1.54) is 12.1 Å². The van der Waals surface area contributed by atoms with Crippen molar-refractivity contribution in [3.63, 3.8) is 0 Å². The number of carbonyl (C=O) groups is 2. The van der Waals surface area contributed by atoms with Crippen LogP contribution in [-0.2, 0) is 29.2 Å². The molecule has 4 aromatic rings. The predicted octanol–water partition coefficient (Wildman–Crippen LogP) is 3.18. The molecule has 0 spiro atoms. The van der Waals surface area contributed by atoms with E-state index in [1.807, 2.05) is 24.3 Å². The van der Waals surface area contributed by atoms with Gasteiger partial charge in [0.25, 0.3) is 5.91 Å². The highest BCUT2D eigenvalue weighted by atomic mass is 19.1. The van der Waals surface area contributed by atoms with Crippen molar-refractivity contribution < 1.29 is 18.7 Å². The quantitative estimate of drug-likeness (QED) is 0.428. The molecular weight excluding hydrogens is 449 g/mol. The fraction of sp³-hybridized carbons (Fsp3) is 0.154. The van der Waals surface area contributed by atoms with Crippen molar-refractivity contribution >= 4 is 28.7 Å². The van der Waals surface area contributed by atoms with Crippen LogP contribution in [0.4, 0.5) is 10.3 Å². The number of carbonyl (C=O) groups excluding carboxylic acids is 2. The van der Waals surface area contributed by atoms with E-state index in [2.05, 4.69) is 9.97 Å². The van der Waals surface area contributed by atoms with Gasteiger partial charge < -0.3 is 21.1 Å². The van der Waals surface area contributed by atoms with Crippen molar-refractivity contribution in [2.45, 2.75) is 19.7 Å². The summed E-state index contributed by atoms with van der Waals surface area (Å²) in [5.74, 6) is -1.30. The van der Waals surface area contributed by atoms with Crippen LogP contribution in [0.2, 0.25) is 0 Å². The molecule has 1 aliphatic heterocycles. The smallest absolute Gasteiger partial charge is 0.320 e. The van der Waals surface area contributed by atoms with Gasteiger partial charge >= 0.3 is 5.97 Å². The SMILES string of the molecule is NCC(=O)OCc1ccc(F)cc1-c1ccc2nc(N)nc(C(=O)N3Cc4ccccc4C3)c2c1. The van der Waals surface area contributed by atoms with Crippen LogP contribution in [0.15, 0.2) is 60.7 Å². The van der Waals surface area contributed by atoms with Crippen molar-refractivity contribution in [1.82, 2.24) is 14.9 Å². The van der Waals surface area contributed by atoms with E-state index in [0.717, 1.165) is 11.1 Å². The number of nitrogen functional groups attached to an aromatic ring is 1. The highest BCUT2D eigenvalue weighted by Gasteiger charge is 2.27. The molecule has 1 aliphatic rings. The second kappa shape index (κ2) is 9.11. The third-order valence-electron chi connectivity index (χ3n) is 5.98. The minimum atomic E-state index is -0.567. The van der Waals surface area contributed by atoms with Gasteiger partial charge in [0.05, 0.1) is 12.1 Å². The lowest BCUT2D eigenvalue weighted by Gasteiger charge is -2.17. The molecule has 1 aromatic heterocycles. The zero-order chi connectivity index (χ0) is 24.5.